The molecule has 0 bridgehead atoms. The number of hydrogen-bond acceptors (Lipinski definition) is 4. The number of nitrogens with one attached hydrogen (secondary N) is 1. The van der Waals surface area contributed by atoms with Gasteiger partial charge in [-0.1, -0.05) is 13.8 Å². The Morgan fingerprint density at radius 2 is 2.05 bits per heavy atom. The standard InChI is InChI=1S/C14H16F3N3S/c1-8(2)19-7-11-12(14(15,16)17)20-13(21-11)10-4-5-18-6-9(10)3/h4-6,8,19H,7H2,1-3H3. The molecule has 0 unspecified atom stereocenters. The largest absolute Gasteiger partial charge is 0.434 e. The number of alkyl halides is 3. The summed E-state index contributed by atoms with van der Waals surface area (Å²) in [5.41, 5.74) is 0.700. The van der Waals surface area contributed by atoms with Gasteiger partial charge in [0, 0.05) is 30.5 Å². The van der Waals surface area contributed by atoms with E-state index in [0.717, 1.165) is 16.9 Å². The Bertz CT molecular complexity index is 620. The van der Waals surface area contributed by atoms with Crippen LogP contribution in [0.3, 0.4) is 0 Å². The van der Waals surface area contributed by atoms with Gasteiger partial charge in [-0.05, 0) is 18.6 Å². The minimum absolute atomic E-state index is 0.110. The summed E-state index contributed by atoms with van der Waals surface area (Å²) in [7, 11) is 0. The lowest BCUT2D eigenvalue weighted by Crippen LogP contribution is -2.23. The minimum Gasteiger partial charge on any atom is -0.310 e. The van der Waals surface area contributed by atoms with E-state index in [1.165, 1.54) is 0 Å². The monoisotopic (exact) mass is 315 g/mol. The summed E-state index contributed by atoms with van der Waals surface area (Å²) in [4.78, 5) is 7.98. The SMILES string of the molecule is Cc1cnccc1-c1nc(C(F)(F)F)c(CNC(C)C)s1. The Hall–Kier alpha value is -1.47. The quantitative estimate of drug-likeness (QED) is 0.925. The summed E-state index contributed by atoms with van der Waals surface area (Å²) < 4.78 is 39.3. The Morgan fingerprint density at radius 1 is 1.33 bits per heavy atom. The van der Waals surface area contributed by atoms with Gasteiger partial charge in [-0.15, -0.1) is 11.3 Å². The van der Waals surface area contributed by atoms with Crippen LogP contribution in [0.25, 0.3) is 10.6 Å². The zero-order valence-corrected chi connectivity index (χ0v) is 12.8. The van der Waals surface area contributed by atoms with Gasteiger partial charge in [-0.25, -0.2) is 4.98 Å². The van der Waals surface area contributed by atoms with Crippen LogP contribution in [-0.4, -0.2) is 16.0 Å². The van der Waals surface area contributed by atoms with E-state index < -0.39 is 11.9 Å². The van der Waals surface area contributed by atoms with E-state index in [-0.39, 0.29) is 17.5 Å². The summed E-state index contributed by atoms with van der Waals surface area (Å²) in [6, 6.07) is 1.80. The van der Waals surface area contributed by atoms with Gasteiger partial charge >= 0.3 is 6.18 Å². The Morgan fingerprint density at radius 3 is 2.62 bits per heavy atom. The van der Waals surface area contributed by atoms with Gasteiger partial charge < -0.3 is 5.32 Å². The van der Waals surface area contributed by atoms with E-state index in [1.54, 1.807) is 18.5 Å². The molecule has 0 fully saturated rings. The van der Waals surface area contributed by atoms with Crippen molar-refractivity contribution in [3.8, 4) is 10.6 Å². The summed E-state index contributed by atoms with van der Waals surface area (Å²) in [5, 5.41) is 3.39. The van der Waals surface area contributed by atoms with Crippen molar-refractivity contribution in [3.63, 3.8) is 0 Å². The minimum atomic E-state index is -4.44. The molecule has 0 spiro atoms. The molecule has 0 aromatic carbocycles. The molecule has 0 atom stereocenters. The summed E-state index contributed by atoms with van der Waals surface area (Å²) in [5.74, 6) is 0. The summed E-state index contributed by atoms with van der Waals surface area (Å²) >= 11 is 1.07. The van der Waals surface area contributed by atoms with Gasteiger partial charge in [0.05, 0.1) is 4.88 Å². The maximum atomic E-state index is 13.1. The molecule has 1 N–H and O–H groups in total. The van der Waals surface area contributed by atoms with Gasteiger partial charge in [0.1, 0.15) is 5.01 Å². The molecule has 0 amide bonds. The van der Waals surface area contributed by atoms with Crippen molar-refractivity contribution < 1.29 is 13.2 Å². The zero-order chi connectivity index (χ0) is 15.6. The van der Waals surface area contributed by atoms with E-state index in [9.17, 15) is 13.2 Å². The van der Waals surface area contributed by atoms with Crippen molar-refractivity contribution in [2.24, 2.45) is 0 Å². The van der Waals surface area contributed by atoms with Crippen LogP contribution in [0.15, 0.2) is 18.5 Å². The number of nitrogens with zero attached hydrogens (tertiary/aromatic N) is 2. The molecule has 114 valence electrons. The number of aryl methyl sites for hydroxylation is 1. The smallest absolute Gasteiger partial charge is 0.310 e. The van der Waals surface area contributed by atoms with Crippen LogP contribution >= 0.6 is 11.3 Å². The second-order valence-electron chi connectivity index (χ2n) is 5.01. The summed E-state index contributed by atoms with van der Waals surface area (Å²) in [6.07, 6.45) is -1.26. The Labute approximate surface area is 125 Å². The molecule has 0 aliphatic carbocycles. The fourth-order valence-electron chi connectivity index (χ4n) is 1.82. The predicted molar refractivity (Wildman–Crippen MR) is 77.1 cm³/mol. The average Bonchev–Trinajstić information content (AvgIpc) is 2.81. The number of hydrogen-bond donors (Lipinski definition) is 1. The van der Waals surface area contributed by atoms with Crippen molar-refractivity contribution in [2.45, 2.75) is 39.5 Å². The molecule has 0 saturated heterocycles. The van der Waals surface area contributed by atoms with Crippen molar-refractivity contribution >= 4 is 11.3 Å². The molecule has 3 nitrogen and oxygen atoms in total. The van der Waals surface area contributed by atoms with Crippen molar-refractivity contribution in [1.82, 2.24) is 15.3 Å². The van der Waals surface area contributed by atoms with Gasteiger partial charge in [-0.2, -0.15) is 13.2 Å². The van der Waals surface area contributed by atoms with Gasteiger partial charge in [0.15, 0.2) is 5.69 Å². The van der Waals surface area contributed by atoms with E-state index in [0.29, 0.717) is 10.6 Å². The van der Waals surface area contributed by atoms with E-state index in [2.05, 4.69) is 15.3 Å². The van der Waals surface area contributed by atoms with E-state index in [1.807, 2.05) is 20.8 Å². The zero-order valence-electron chi connectivity index (χ0n) is 12.0. The first-order valence-corrected chi connectivity index (χ1v) is 7.32. The van der Waals surface area contributed by atoms with Crippen LogP contribution in [0, 0.1) is 6.92 Å². The van der Waals surface area contributed by atoms with Crippen molar-refractivity contribution in [3.05, 3.63) is 34.6 Å². The normalized spacial score (nSPS) is 12.1. The molecule has 0 radical (unpaired) electrons. The molecule has 0 aliphatic heterocycles. The Balaban J connectivity index is 2.43. The molecular weight excluding hydrogens is 299 g/mol. The van der Waals surface area contributed by atoms with Crippen LogP contribution in [0.2, 0.25) is 0 Å². The highest BCUT2D eigenvalue weighted by Gasteiger charge is 2.37. The fraction of sp³-hybridized carbons (Fsp3) is 0.429. The molecule has 2 heterocycles. The van der Waals surface area contributed by atoms with E-state index >= 15 is 0 Å². The first kappa shape index (κ1) is 15.9. The number of thiazole rings is 1. The first-order chi connectivity index (χ1) is 9.79. The maximum Gasteiger partial charge on any atom is 0.434 e. The lowest BCUT2D eigenvalue weighted by Gasteiger charge is -2.09. The highest BCUT2D eigenvalue weighted by Crippen LogP contribution is 2.38. The number of aromatic nitrogens is 2. The highest BCUT2D eigenvalue weighted by molar-refractivity contribution is 7.15. The third-order valence-corrected chi connectivity index (χ3v) is 3.98. The van der Waals surface area contributed by atoms with Gasteiger partial charge in [0.2, 0.25) is 0 Å². The molecule has 2 aromatic rings. The lowest BCUT2D eigenvalue weighted by atomic mass is 10.2. The molecule has 7 heteroatoms. The van der Waals surface area contributed by atoms with Gasteiger partial charge in [-0.3, -0.25) is 4.98 Å². The first-order valence-electron chi connectivity index (χ1n) is 6.50. The molecule has 2 rings (SSSR count). The van der Waals surface area contributed by atoms with E-state index in [4.69, 9.17) is 0 Å². The fourth-order valence-corrected chi connectivity index (χ4v) is 2.94. The third-order valence-electron chi connectivity index (χ3n) is 2.89. The number of pyridine rings is 1. The molecule has 0 aliphatic rings. The number of rotatable bonds is 4. The highest BCUT2D eigenvalue weighted by atomic mass is 32.1. The van der Waals surface area contributed by atoms with Crippen LogP contribution in [0.5, 0.6) is 0 Å². The Kier molecular flexibility index (Phi) is 4.63. The second kappa shape index (κ2) is 6.11. The topological polar surface area (TPSA) is 37.8 Å². The van der Waals surface area contributed by atoms with Crippen LogP contribution in [0.1, 0.15) is 30.0 Å². The van der Waals surface area contributed by atoms with Crippen LogP contribution in [-0.2, 0) is 12.7 Å². The molecular formula is C14H16F3N3S. The molecule has 2 aromatic heterocycles. The van der Waals surface area contributed by atoms with Crippen LogP contribution < -0.4 is 5.32 Å². The molecule has 0 saturated carbocycles. The predicted octanol–water partition coefficient (Wildman–Crippen LogP) is 4.03. The number of halogens is 3. The lowest BCUT2D eigenvalue weighted by molar-refractivity contribution is -0.141. The molecule has 21 heavy (non-hydrogen) atoms. The van der Waals surface area contributed by atoms with Crippen molar-refractivity contribution in [2.75, 3.05) is 0 Å². The maximum absolute atomic E-state index is 13.1. The second-order valence-corrected chi connectivity index (χ2v) is 6.10. The average molecular weight is 315 g/mol. The van der Waals surface area contributed by atoms with Crippen LogP contribution in [0.4, 0.5) is 13.2 Å². The third kappa shape index (κ3) is 3.79. The summed E-state index contributed by atoms with van der Waals surface area (Å²) in [6.45, 7) is 5.75. The van der Waals surface area contributed by atoms with Crippen molar-refractivity contribution in [1.29, 1.82) is 0 Å². The van der Waals surface area contributed by atoms with Gasteiger partial charge in [0.25, 0.3) is 0 Å².